The van der Waals surface area contributed by atoms with Gasteiger partial charge >= 0.3 is 5.97 Å². The predicted octanol–water partition coefficient (Wildman–Crippen LogP) is 1.51. The molecule has 0 unspecified atom stereocenters. The molecule has 0 heterocycles. The molecular weight excluding hydrogens is 252 g/mol. The third kappa shape index (κ3) is 4.19. The number of aromatic hydroxyl groups is 1. The lowest BCUT2D eigenvalue weighted by Crippen LogP contribution is -2.01. The second-order valence-electron chi connectivity index (χ2n) is 3.50. The van der Waals surface area contributed by atoms with E-state index in [0.29, 0.717) is 11.6 Å². The van der Waals surface area contributed by atoms with E-state index in [1.807, 2.05) is 0 Å². The van der Waals surface area contributed by atoms with Crippen LogP contribution < -0.4 is 4.74 Å². The van der Waals surface area contributed by atoms with Gasteiger partial charge in [-0.05, 0) is 23.8 Å². The Balaban J connectivity index is 2.85. The van der Waals surface area contributed by atoms with Crippen molar-refractivity contribution in [2.24, 2.45) is 0 Å². The molecule has 0 aliphatic carbocycles. The SMILES string of the molecule is COc1cc(/C=C/C(=O)/C=C(/O)C(=O)O)ccc1O. The van der Waals surface area contributed by atoms with E-state index in [4.69, 9.17) is 14.9 Å². The lowest BCUT2D eigenvalue weighted by atomic mass is 10.1. The molecule has 0 saturated carbocycles. The number of ketones is 1. The first-order valence-corrected chi connectivity index (χ1v) is 5.17. The maximum Gasteiger partial charge on any atom is 0.371 e. The molecule has 1 rings (SSSR count). The van der Waals surface area contributed by atoms with Crippen molar-refractivity contribution in [2.45, 2.75) is 0 Å². The van der Waals surface area contributed by atoms with Crippen LogP contribution >= 0.6 is 0 Å². The number of rotatable bonds is 5. The Morgan fingerprint density at radius 3 is 2.53 bits per heavy atom. The molecule has 1 aromatic rings. The van der Waals surface area contributed by atoms with E-state index < -0.39 is 17.5 Å². The number of hydrogen-bond donors (Lipinski definition) is 3. The van der Waals surface area contributed by atoms with Crippen molar-refractivity contribution in [1.82, 2.24) is 0 Å². The summed E-state index contributed by atoms with van der Waals surface area (Å²) in [4.78, 5) is 21.6. The van der Waals surface area contributed by atoms with E-state index in [2.05, 4.69) is 0 Å². The number of aliphatic hydroxyl groups excluding tert-OH is 1. The van der Waals surface area contributed by atoms with Crippen molar-refractivity contribution in [3.63, 3.8) is 0 Å². The Bertz CT molecular complexity index is 556. The molecule has 6 nitrogen and oxygen atoms in total. The van der Waals surface area contributed by atoms with Gasteiger partial charge in [-0.2, -0.15) is 0 Å². The second-order valence-corrected chi connectivity index (χ2v) is 3.50. The van der Waals surface area contributed by atoms with E-state index in [1.54, 1.807) is 6.07 Å². The number of methoxy groups -OCH3 is 1. The number of ether oxygens (including phenoxy) is 1. The van der Waals surface area contributed by atoms with Crippen LogP contribution in [0.15, 0.2) is 36.1 Å². The molecule has 0 spiro atoms. The highest BCUT2D eigenvalue weighted by Gasteiger charge is 2.05. The first-order valence-electron chi connectivity index (χ1n) is 5.17. The van der Waals surface area contributed by atoms with Gasteiger partial charge in [0.15, 0.2) is 17.3 Å². The van der Waals surface area contributed by atoms with Crippen molar-refractivity contribution >= 4 is 17.8 Å². The van der Waals surface area contributed by atoms with Crippen LogP contribution in [-0.2, 0) is 9.59 Å². The van der Waals surface area contributed by atoms with Crippen LogP contribution in [0.3, 0.4) is 0 Å². The zero-order chi connectivity index (χ0) is 14.4. The third-order valence-electron chi connectivity index (χ3n) is 2.14. The molecular formula is C13H12O6. The minimum absolute atomic E-state index is 0.0330. The minimum atomic E-state index is -1.58. The fraction of sp³-hybridized carbons (Fsp3) is 0.0769. The highest BCUT2D eigenvalue weighted by Crippen LogP contribution is 2.26. The summed E-state index contributed by atoms with van der Waals surface area (Å²) in [6, 6.07) is 4.44. The van der Waals surface area contributed by atoms with E-state index in [1.165, 1.54) is 25.3 Å². The van der Waals surface area contributed by atoms with Gasteiger partial charge in [0.05, 0.1) is 7.11 Å². The minimum Gasteiger partial charge on any atom is -0.504 e. The fourth-order valence-electron chi connectivity index (χ4n) is 1.22. The largest absolute Gasteiger partial charge is 0.504 e. The molecule has 0 radical (unpaired) electrons. The molecule has 3 N–H and O–H groups in total. The molecule has 0 amide bonds. The van der Waals surface area contributed by atoms with Crippen LogP contribution in [0.4, 0.5) is 0 Å². The summed E-state index contributed by atoms with van der Waals surface area (Å²) >= 11 is 0. The van der Waals surface area contributed by atoms with Crippen molar-refractivity contribution in [2.75, 3.05) is 7.11 Å². The lowest BCUT2D eigenvalue weighted by molar-refractivity contribution is -0.135. The van der Waals surface area contributed by atoms with Gasteiger partial charge < -0.3 is 20.1 Å². The van der Waals surface area contributed by atoms with Crippen LogP contribution in [0.5, 0.6) is 11.5 Å². The van der Waals surface area contributed by atoms with Gasteiger partial charge in [-0.1, -0.05) is 12.1 Å². The van der Waals surface area contributed by atoms with Gasteiger partial charge in [-0.3, -0.25) is 4.79 Å². The molecule has 19 heavy (non-hydrogen) atoms. The van der Waals surface area contributed by atoms with Crippen LogP contribution in [0.1, 0.15) is 5.56 Å². The highest BCUT2D eigenvalue weighted by molar-refractivity contribution is 6.05. The Morgan fingerprint density at radius 1 is 1.26 bits per heavy atom. The summed E-state index contributed by atoms with van der Waals surface area (Å²) in [7, 11) is 1.39. The molecule has 0 aromatic heterocycles. The van der Waals surface area contributed by atoms with E-state index >= 15 is 0 Å². The fourth-order valence-corrected chi connectivity index (χ4v) is 1.22. The van der Waals surface area contributed by atoms with Crippen molar-refractivity contribution < 1.29 is 29.6 Å². The Labute approximate surface area is 108 Å². The van der Waals surface area contributed by atoms with Gasteiger partial charge in [0, 0.05) is 6.08 Å². The van der Waals surface area contributed by atoms with Crippen LogP contribution in [0, 0.1) is 0 Å². The Kier molecular flexibility index (Phi) is 4.70. The first-order chi connectivity index (χ1) is 8.93. The number of phenolic OH excluding ortho intramolecular Hbond substituents is 1. The first kappa shape index (κ1) is 14.3. The number of aliphatic carboxylic acids is 1. The maximum absolute atomic E-state index is 11.3. The van der Waals surface area contributed by atoms with Crippen molar-refractivity contribution in [3.05, 3.63) is 41.7 Å². The number of carbonyl (C=O) groups is 2. The van der Waals surface area contributed by atoms with Crippen molar-refractivity contribution in [1.29, 1.82) is 0 Å². The zero-order valence-electron chi connectivity index (χ0n) is 10.0. The number of benzene rings is 1. The average molecular weight is 264 g/mol. The number of carbonyl (C=O) groups excluding carboxylic acids is 1. The normalized spacial score (nSPS) is 11.5. The third-order valence-corrected chi connectivity index (χ3v) is 2.14. The predicted molar refractivity (Wildman–Crippen MR) is 67.0 cm³/mol. The second kappa shape index (κ2) is 6.25. The van der Waals surface area contributed by atoms with Gasteiger partial charge in [-0.25, -0.2) is 4.79 Å². The van der Waals surface area contributed by atoms with Gasteiger partial charge in [-0.15, -0.1) is 0 Å². The number of carboxylic acids is 1. The molecule has 100 valence electrons. The van der Waals surface area contributed by atoms with Crippen LogP contribution in [0.2, 0.25) is 0 Å². The molecule has 0 bridgehead atoms. The van der Waals surface area contributed by atoms with Crippen LogP contribution in [-0.4, -0.2) is 34.2 Å². The molecule has 0 aliphatic heterocycles. The standard InChI is InChI=1S/C13H12O6/c1-19-12-6-8(3-5-10(12)15)2-4-9(14)7-11(16)13(17)18/h2-7,15-16H,1H3,(H,17,18)/b4-2+,11-7+. The quantitative estimate of drug-likeness (QED) is 0.550. The molecule has 0 saturated heterocycles. The van der Waals surface area contributed by atoms with E-state index in [9.17, 15) is 14.7 Å². The van der Waals surface area contributed by atoms with E-state index in [0.717, 1.165) is 6.08 Å². The summed E-state index contributed by atoms with van der Waals surface area (Å²) in [5, 5.41) is 26.6. The highest BCUT2D eigenvalue weighted by atomic mass is 16.5. The molecule has 1 aromatic carbocycles. The summed E-state index contributed by atoms with van der Waals surface area (Å²) in [6.45, 7) is 0. The molecule has 6 heteroatoms. The topological polar surface area (TPSA) is 104 Å². The number of carboxylic acid groups (broad SMARTS) is 1. The number of phenols is 1. The molecule has 0 fully saturated rings. The van der Waals surface area contributed by atoms with Gasteiger partial charge in [0.25, 0.3) is 0 Å². The van der Waals surface area contributed by atoms with Crippen LogP contribution in [0.25, 0.3) is 6.08 Å². The summed E-state index contributed by atoms with van der Waals surface area (Å²) in [5.74, 6) is -3.06. The van der Waals surface area contributed by atoms with E-state index in [-0.39, 0.29) is 11.5 Å². The monoisotopic (exact) mass is 264 g/mol. The van der Waals surface area contributed by atoms with Gasteiger partial charge in [0.2, 0.25) is 5.76 Å². The summed E-state index contributed by atoms with van der Waals surface area (Å²) in [5.41, 5.74) is 0.575. The average Bonchev–Trinajstić information content (AvgIpc) is 2.37. The maximum atomic E-state index is 11.3. The number of aliphatic hydroxyl groups is 1. The smallest absolute Gasteiger partial charge is 0.371 e. The lowest BCUT2D eigenvalue weighted by Gasteiger charge is -2.03. The number of hydrogen-bond acceptors (Lipinski definition) is 5. The molecule has 0 aliphatic rings. The zero-order valence-corrected chi connectivity index (χ0v) is 10.0. The van der Waals surface area contributed by atoms with Crippen molar-refractivity contribution in [3.8, 4) is 11.5 Å². The Hall–Kier alpha value is -2.76. The Morgan fingerprint density at radius 2 is 1.95 bits per heavy atom. The summed E-state index contributed by atoms with van der Waals surface area (Å²) < 4.78 is 4.89. The molecule has 0 atom stereocenters. The number of allylic oxidation sites excluding steroid dienone is 2. The summed E-state index contributed by atoms with van der Waals surface area (Å²) in [6.07, 6.45) is 3.08. The van der Waals surface area contributed by atoms with Gasteiger partial charge in [0.1, 0.15) is 0 Å².